The van der Waals surface area contributed by atoms with E-state index < -0.39 is 18.4 Å². The van der Waals surface area contributed by atoms with Gasteiger partial charge in [0.05, 0.1) is 17.8 Å². The number of carbonyl (C=O) groups is 2. The molecule has 0 saturated carbocycles. The molecule has 1 aliphatic heterocycles. The summed E-state index contributed by atoms with van der Waals surface area (Å²) in [6.07, 6.45) is -1.62. The number of aliphatic hydroxyl groups is 1. The van der Waals surface area contributed by atoms with Gasteiger partial charge in [0.2, 0.25) is 0 Å². The van der Waals surface area contributed by atoms with Gasteiger partial charge in [-0.1, -0.05) is 0 Å². The topological polar surface area (TPSA) is 144 Å². The van der Waals surface area contributed by atoms with Crippen molar-refractivity contribution in [3.8, 4) is 5.75 Å². The highest BCUT2D eigenvalue weighted by Crippen LogP contribution is 2.42. The first kappa shape index (κ1) is 18.5. The summed E-state index contributed by atoms with van der Waals surface area (Å²) in [6.45, 7) is 0.0538. The number of carboxylic acid groups (broad SMARTS) is 1. The predicted octanol–water partition coefficient (Wildman–Crippen LogP) is 2.40. The Kier molecular flexibility index (Phi) is 5.43. The zero-order valence-electron chi connectivity index (χ0n) is 14.1. The minimum Gasteiger partial charge on any atom is -0.508 e. The summed E-state index contributed by atoms with van der Waals surface area (Å²) in [5.41, 5.74) is 1.80. The molecular weight excluding hydrogens is 354 g/mol. The number of nitrogens with zero attached hydrogens (tertiary/aromatic N) is 2. The number of aliphatic hydroxyl groups excluding tert-OH is 1. The van der Waals surface area contributed by atoms with Gasteiger partial charge in [0.25, 0.3) is 5.91 Å². The number of hydrogen-bond donors (Lipinski definition) is 4. The lowest BCUT2D eigenvalue weighted by Gasteiger charge is -2.03. The third kappa shape index (κ3) is 4.87. The third-order valence-corrected chi connectivity index (χ3v) is 3.82. The van der Waals surface area contributed by atoms with Gasteiger partial charge in [0.1, 0.15) is 11.9 Å². The minimum atomic E-state index is -0.980. The van der Waals surface area contributed by atoms with Crippen LogP contribution in [-0.2, 0) is 9.53 Å². The molecule has 3 rings (SSSR count). The van der Waals surface area contributed by atoms with Gasteiger partial charge in [-0.05, 0) is 42.5 Å². The van der Waals surface area contributed by atoms with E-state index in [-0.39, 0.29) is 24.6 Å². The Morgan fingerprint density at radius 1 is 1.07 bits per heavy atom. The van der Waals surface area contributed by atoms with Crippen LogP contribution in [0.5, 0.6) is 5.75 Å². The van der Waals surface area contributed by atoms with Gasteiger partial charge >= 0.3 is 5.97 Å². The summed E-state index contributed by atoms with van der Waals surface area (Å²) in [6, 6.07) is 10.9. The van der Waals surface area contributed by atoms with E-state index in [4.69, 9.17) is 9.84 Å². The first-order valence-electron chi connectivity index (χ1n) is 8.12. The molecule has 140 valence electrons. The van der Waals surface area contributed by atoms with E-state index in [0.717, 1.165) is 0 Å². The van der Waals surface area contributed by atoms with Crippen molar-refractivity contribution in [3.05, 3.63) is 53.6 Å². The van der Waals surface area contributed by atoms with E-state index >= 15 is 0 Å². The van der Waals surface area contributed by atoms with Crippen molar-refractivity contribution in [1.29, 1.82) is 0 Å². The van der Waals surface area contributed by atoms with Crippen LogP contribution in [0.3, 0.4) is 0 Å². The molecule has 9 nitrogen and oxygen atoms in total. The quantitative estimate of drug-likeness (QED) is 0.434. The van der Waals surface area contributed by atoms with Crippen LogP contribution in [0, 0.1) is 0 Å². The second-order valence-corrected chi connectivity index (χ2v) is 5.84. The summed E-state index contributed by atoms with van der Waals surface area (Å²) < 4.78 is 4.93. The van der Waals surface area contributed by atoms with Crippen LogP contribution >= 0.6 is 0 Å². The summed E-state index contributed by atoms with van der Waals surface area (Å²) in [4.78, 5) is 22.3. The number of aromatic hydroxyl groups is 1. The van der Waals surface area contributed by atoms with Crippen molar-refractivity contribution >= 4 is 23.3 Å². The molecule has 0 aliphatic carbocycles. The summed E-state index contributed by atoms with van der Waals surface area (Å²) in [5.74, 6) is -1.34. The molecule has 1 amide bonds. The number of carboxylic acids is 1. The average molecular weight is 371 g/mol. The van der Waals surface area contributed by atoms with Crippen LogP contribution in [-0.4, -0.2) is 40.0 Å². The predicted molar refractivity (Wildman–Crippen MR) is 93.1 cm³/mol. The molecule has 27 heavy (non-hydrogen) atoms. The van der Waals surface area contributed by atoms with Gasteiger partial charge in [-0.2, -0.15) is 10.2 Å². The van der Waals surface area contributed by atoms with E-state index in [1.165, 1.54) is 6.07 Å². The zero-order chi connectivity index (χ0) is 19.4. The van der Waals surface area contributed by atoms with Crippen LogP contribution in [0.1, 0.15) is 28.4 Å². The van der Waals surface area contributed by atoms with Gasteiger partial charge in [-0.3, -0.25) is 9.59 Å². The SMILES string of the molecule is O=C(O)CCNC(=O)c1ccc(N=Nc2ccc(O)c(C3OC3O)c2)cc1. The Labute approximate surface area is 153 Å². The molecule has 4 N–H and O–H groups in total. The Hall–Kier alpha value is -3.30. The first-order chi connectivity index (χ1) is 12.9. The maximum absolute atomic E-state index is 11.9. The van der Waals surface area contributed by atoms with Gasteiger partial charge < -0.3 is 25.4 Å². The van der Waals surface area contributed by atoms with E-state index in [2.05, 4.69) is 15.5 Å². The summed E-state index contributed by atoms with van der Waals surface area (Å²) in [5, 5.41) is 38.3. The normalized spacial score (nSPS) is 18.4. The van der Waals surface area contributed by atoms with Gasteiger partial charge in [-0.25, -0.2) is 0 Å². The Morgan fingerprint density at radius 3 is 2.33 bits per heavy atom. The van der Waals surface area contributed by atoms with Crippen LogP contribution in [0.2, 0.25) is 0 Å². The molecule has 1 saturated heterocycles. The number of azo groups is 1. The molecule has 2 unspecified atom stereocenters. The number of epoxide rings is 1. The number of benzene rings is 2. The zero-order valence-corrected chi connectivity index (χ0v) is 14.1. The fourth-order valence-electron chi connectivity index (χ4n) is 2.34. The smallest absolute Gasteiger partial charge is 0.305 e. The number of amides is 1. The molecule has 2 aromatic carbocycles. The molecule has 9 heteroatoms. The summed E-state index contributed by atoms with van der Waals surface area (Å²) in [7, 11) is 0. The summed E-state index contributed by atoms with van der Waals surface area (Å²) >= 11 is 0. The number of ether oxygens (including phenoxy) is 1. The molecule has 0 radical (unpaired) electrons. The van der Waals surface area contributed by atoms with E-state index in [1.54, 1.807) is 36.4 Å². The number of phenols is 1. The molecule has 1 heterocycles. The van der Waals surface area contributed by atoms with Gasteiger partial charge in [0, 0.05) is 17.7 Å². The van der Waals surface area contributed by atoms with Gasteiger partial charge in [0.15, 0.2) is 6.29 Å². The lowest BCUT2D eigenvalue weighted by molar-refractivity contribution is -0.136. The minimum absolute atomic E-state index is 0.00811. The number of phenolic OH excluding ortho intramolecular Hbond substituents is 1. The second kappa shape index (κ2) is 7.94. The molecular formula is C18H17N3O6. The highest BCUT2D eigenvalue weighted by atomic mass is 16.7. The number of carbonyl (C=O) groups excluding carboxylic acids is 1. The highest BCUT2D eigenvalue weighted by molar-refractivity contribution is 5.94. The first-order valence-corrected chi connectivity index (χ1v) is 8.12. The van der Waals surface area contributed by atoms with Crippen molar-refractivity contribution in [2.75, 3.05) is 6.54 Å². The highest BCUT2D eigenvalue weighted by Gasteiger charge is 2.40. The van der Waals surface area contributed by atoms with Crippen LogP contribution in [0.25, 0.3) is 0 Å². The maximum Gasteiger partial charge on any atom is 0.305 e. The molecule has 0 aromatic heterocycles. The van der Waals surface area contributed by atoms with Crippen molar-refractivity contribution in [1.82, 2.24) is 5.32 Å². The Bertz CT molecular complexity index is 881. The van der Waals surface area contributed by atoms with Crippen molar-refractivity contribution < 1.29 is 29.6 Å². The van der Waals surface area contributed by atoms with Crippen LogP contribution < -0.4 is 5.32 Å². The number of rotatable bonds is 7. The lowest BCUT2D eigenvalue weighted by Crippen LogP contribution is -2.25. The van der Waals surface area contributed by atoms with Crippen molar-refractivity contribution in [2.45, 2.75) is 18.8 Å². The molecule has 1 fully saturated rings. The standard InChI is InChI=1S/C18H17N3O6/c22-14-6-5-12(9-13(14)16-18(26)27-16)21-20-11-3-1-10(2-4-11)17(25)19-8-7-15(23)24/h1-6,9,16,18,22,26H,7-8H2,(H,19,25)(H,23,24). The number of aliphatic carboxylic acids is 1. The Balaban J connectivity index is 1.63. The second-order valence-electron chi connectivity index (χ2n) is 5.84. The molecule has 1 aliphatic rings. The lowest BCUT2D eigenvalue weighted by atomic mass is 10.1. The Morgan fingerprint density at radius 2 is 1.70 bits per heavy atom. The third-order valence-electron chi connectivity index (χ3n) is 3.82. The van der Waals surface area contributed by atoms with Crippen molar-refractivity contribution in [3.63, 3.8) is 0 Å². The molecule has 2 aromatic rings. The fraction of sp³-hybridized carbons (Fsp3) is 0.222. The fourth-order valence-corrected chi connectivity index (χ4v) is 2.34. The monoisotopic (exact) mass is 371 g/mol. The van der Waals surface area contributed by atoms with Crippen LogP contribution in [0.4, 0.5) is 11.4 Å². The maximum atomic E-state index is 11.9. The molecule has 0 spiro atoms. The number of hydrogen-bond acceptors (Lipinski definition) is 7. The molecule has 2 atom stereocenters. The number of nitrogens with one attached hydrogen (secondary N) is 1. The van der Waals surface area contributed by atoms with Crippen molar-refractivity contribution in [2.24, 2.45) is 10.2 Å². The molecule has 0 bridgehead atoms. The van der Waals surface area contributed by atoms with E-state index in [1.807, 2.05) is 0 Å². The average Bonchev–Trinajstić information content (AvgIpc) is 3.37. The largest absolute Gasteiger partial charge is 0.508 e. The van der Waals surface area contributed by atoms with E-state index in [9.17, 15) is 19.8 Å². The van der Waals surface area contributed by atoms with E-state index in [0.29, 0.717) is 22.5 Å². The van der Waals surface area contributed by atoms with Gasteiger partial charge in [-0.15, -0.1) is 0 Å². The van der Waals surface area contributed by atoms with Crippen LogP contribution in [0.15, 0.2) is 52.7 Å².